The molecule has 0 amide bonds. The number of allylic oxidation sites excluding steroid dienone is 1. The number of ether oxygens (including phenoxy) is 1. The zero-order chi connectivity index (χ0) is 12.2. The highest BCUT2D eigenvalue weighted by Gasteiger charge is 2.19. The summed E-state index contributed by atoms with van der Waals surface area (Å²) >= 11 is 0. The lowest BCUT2D eigenvalue weighted by atomic mass is 10.2. The molecule has 0 N–H and O–H groups in total. The van der Waals surface area contributed by atoms with Crippen molar-refractivity contribution in [1.82, 2.24) is 0 Å². The Hall–Kier alpha value is -1.28. The fourth-order valence-corrected chi connectivity index (χ4v) is 1.24. The Morgan fingerprint density at radius 3 is 2.50 bits per heavy atom. The molecule has 1 atom stereocenters. The van der Waals surface area contributed by atoms with Crippen LogP contribution in [0.25, 0.3) is 6.08 Å². The third-order valence-corrected chi connectivity index (χ3v) is 2.61. The SMILES string of the molecule is C/C=C/c1cccc(OC(C)[N+](C)(C)C)c1. The summed E-state index contributed by atoms with van der Waals surface area (Å²) in [7, 11) is 6.38. The second kappa shape index (κ2) is 5.17. The lowest BCUT2D eigenvalue weighted by molar-refractivity contribution is -0.912. The molecule has 0 aliphatic heterocycles. The van der Waals surface area contributed by atoms with Crippen molar-refractivity contribution in [2.75, 3.05) is 21.1 Å². The van der Waals surface area contributed by atoms with E-state index in [0.29, 0.717) is 0 Å². The zero-order valence-corrected chi connectivity index (χ0v) is 10.9. The minimum atomic E-state index is 0.140. The summed E-state index contributed by atoms with van der Waals surface area (Å²) < 4.78 is 6.69. The molecule has 1 aromatic carbocycles. The first-order valence-corrected chi connectivity index (χ1v) is 5.64. The Morgan fingerprint density at radius 1 is 1.25 bits per heavy atom. The van der Waals surface area contributed by atoms with Gasteiger partial charge >= 0.3 is 0 Å². The summed E-state index contributed by atoms with van der Waals surface area (Å²) in [4.78, 5) is 0. The first-order chi connectivity index (χ1) is 7.43. The molecule has 2 nitrogen and oxygen atoms in total. The fourth-order valence-electron chi connectivity index (χ4n) is 1.24. The molecule has 0 saturated heterocycles. The maximum atomic E-state index is 5.90. The third-order valence-electron chi connectivity index (χ3n) is 2.61. The van der Waals surface area contributed by atoms with Crippen LogP contribution in [0.5, 0.6) is 5.75 Å². The molecule has 0 aliphatic carbocycles. The van der Waals surface area contributed by atoms with Crippen LogP contribution in [0.15, 0.2) is 30.3 Å². The van der Waals surface area contributed by atoms with Gasteiger partial charge in [0.2, 0.25) is 6.23 Å². The van der Waals surface area contributed by atoms with Gasteiger partial charge in [-0.25, -0.2) is 0 Å². The van der Waals surface area contributed by atoms with Gasteiger partial charge in [-0.1, -0.05) is 24.3 Å². The first-order valence-electron chi connectivity index (χ1n) is 5.64. The van der Waals surface area contributed by atoms with Crippen LogP contribution in [0.3, 0.4) is 0 Å². The van der Waals surface area contributed by atoms with Gasteiger partial charge in [0.15, 0.2) is 0 Å². The number of hydrogen-bond acceptors (Lipinski definition) is 1. The summed E-state index contributed by atoms with van der Waals surface area (Å²) in [6.45, 7) is 4.10. The lowest BCUT2D eigenvalue weighted by Crippen LogP contribution is -2.46. The summed E-state index contributed by atoms with van der Waals surface area (Å²) in [5.74, 6) is 0.927. The molecular weight excluding hydrogens is 198 g/mol. The van der Waals surface area contributed by atoms with E-state index in [0.717, 1.165) is 10.2 Å². The van der Waals surface area contributed by atoms with Gasteiger partial charge in [0, 0.05) is 6.92 Å². The van der Waals surface area contributed by atoms with Gasteiger partial charge in [0.1, 0.15) is 5.75 Å². The number of rotatable bonds is 4. The van der Waals surface area contributed by atoms with Gasteiger partial charge in [-0.15, -0.1) is 0 Å². The molecule has 0 radical (unpaired) electrons. The average molecular weight is 220 g/mol. The maximum Gasteiger partial charge on any atom is 0.230 e. The van der Waals surface area contributed by atoms with E-state index in [1.807, 2.05) is 25.1 Å². The Balaban J connectivity index is 2.78. The fraction of sp³-hybridized carbons (Fsp3) is 0.429. The van der Waals surface area contributed by atoms with E-state index in [4.69, 9.17) is 4.74 Å². The highest BCUT2D eigenvalue weighted by molar-refractivity contribution is 5.51. The van der Waals surface area contributed by atoms with Crippen LogP contribution < -0.4 is 4.74 Å². The second-order valence-corrected chi connectivity index (χ2v) is 4.91. The van der Waals surface area contributed by atoms with Gasteiger partial charge in [0.25, 0.3) is 0 Å². The van der Waals surface area contributed by atoms with Crippen molar-refractivity contribution in [3.05, 3.63) is 35.9 Å². The van der Waals surface area contributed by atoms with E-state index < -0.39 is 0 Å². The Kier molecular flexibility index (Phi) is 4.13. The maximum absolute atomic E-state index is 5.90. The van der Waals surface area contributed by atoms with E-state index in [-0.39, 0.29) is 6.23 Å². The van der Waals surface area contributed by atoms with E-state index in [2.05, 4.69) is 46.3 Å². The molecule has 0 bridgehead atoms. The molecule has 0 aliphatic rings. The largest absolute Gasteiger partial charge is 0.443 e. The molecule has 0 heterocycles. The van der Waals surface area contributed by atoms with E-state index in [1.165, 1.54) is 5.56 Å². The monoisotopic (exact) mass is 220 g/mol. The third kappa shape index (κ3) is 3.70. The average Bonchev–Trinajstić information content (AvgIpc) is 2.17. The Bertz CT molecular complexity index is 363. The van der Waals surface area contributed by atoms with E-state index in [9.17, 15) is 0 Å². The standard InChI is InChI=1S/C14H22NO/c1-6-8-13-9-7-10-14(11-13)16-12(2)15(3,4)5/h6-12H,1-5H3/q+1/b8-6+. The van der Waals surface area contributed by atoms with Crippen molar-refractivity contribution >= 4 is 6.08 Å². The molecule has 1 unspecified atom stereocenters. The van der Waals surface area contributed by atoms with Gasteiger partial charge in [-0.3, -0.25) is 4.48 Å². The predicted octanol–water partition coefficient (Wildman–Crippen LogP) is 3.15. The van der Waals surface area contributed by atoms with Gasteiger partial charge in [-0.2, -0.15) is 0 Å². The Morgan fingerprint density at radius 2 is 1.94 bits per heavy atom. The van der Waals surface area contributed by atoms with Crippen LogP contribution in [0, 0.1) is 0 Å². The quantitative estimate of drug-likeness (QED) is 0.559. The van der Waals surface area contributed by atoms with Crippen molar-refractivity contribution in [2.45, 2.75) is 20.1 Å². The van der Waals surface area contributed by atoms with Crippen LogP contribution in [0.1, 0.15) is 19.4 Å². The molecule has 2 heteroatoms. The topological polar surface area (TPSA) is 9.23 Å². The molecule has 16 heavy (non-hydrogen) atoms. The van der Waals surface area contributed by atoms with Crippen LogP contribution in [-0.4, -0.2) is 31.9 Å². The normalized spacial score (nSPS) is 14.1. The number of benzene rings is 1. The molecule has 0 aromatic heterocycles. The molecule has 0 saturated carbocycles. The molecule has 1 aromatic rings. The summed E-state index contributed by atoms with van der Waals surface area (Å²) in [5.41, 5.74) is 1.17. The smallest absolute Gasteiger partial charge is 0.230 e. The minimum Gasteiger partial charge on any atom is -0.443 e. The molecule has 0 fully saturated rings. The van der Waals surface area contributed by atoms with Crippen molar-refractivity contribution in [2.24, 2.45) is 0 Å². The molecule has 88 valence electrons. The molecular formula is C14H22NO+. The zero-order valence-electron chi connectivity index (χ0n) is 10.9. The minimum absolute atomic E-state index is 0.140. The Labute approximate surface area is 98.7 Å². The van der Waals surface area contributed by atoms with Crippen molar-refractivity contribution in [3.63, 3.8) is 0 Å². The van der Waals surface area contributed by atoms with Crippen LogP contribution >= 0.6 is 0 Å². The predicted molar refractivity (Wildman–Crippen MR) is 69.3 cm³/mol. The van der Waals surface area contributed by atoms with E-state index in [1.54, 1.807) is 0 Å². The number of quaternary nitrogens is 1. The van der Waals surface area contributed by atoms with Crippen LogP contribution in [-0.2, 0) is 0 Å². The number of hydrogen-bond donors (Lipinski definition) is 0. The molecule has 0 spiro atoms. The van der Waals surface area contributed by atoms with Gasteiger partial charge in [0.05, 0.1) is 21.1 Å². The summed E-state index contributed by atoms with van der Waals surface area (Å²) in [5, 5.41) is 0. The van der Waals surface area contributed by atoms with E-state index >= 15 is 0 Å². The highest BCUT2D eigenvalue weighted by atomic mass is 16.5. The van der Waals surface area contributed by atoms with Crippen molar-refractivity contribution in [1.29, 1.82) is 0 Å². The van der Waals surface area contributed by atoms with Crippen molar-refractivity contribution < 1.29 is 9.22 Å². The lowest BCUT2D eigenvalue weighted by Gasteiger charge is -2.31. The first kappa shape index (κ1) is 12.8. The highest BCUT2D eigenvalue weighted by Crippen LogP contribution is 2.17. The second-order valence-electron chi connectivity index (χ2n) is 4.91. The van der Waals surface area contributed by atoms with Crippen LogP contribution in [0.4, 0.5) is 0 Å². The van der Waals surface area contributed by atoms with Gasteiger partial charge < -0.3 is 4.74 Å². The summed E-state index contributed by atoms with van der Waals surface area (Å²) in [6.07, 6.45) is 4.24. The summed E-state index contributed by atoms with van der Waals surface area (Å²) in [6, 6.07) is 8.15. The van der Waals surface area contributed by atoms with Gasteiger partial charge in [-0.05, 0) is 24.6 Å². The number of nitrogens with zero attached hydrogens (tertiary/aromatic N) is 1. The van der Waals surface area contributed by atoms with Crippen molar-refractivity contribution in [3.8, 4) is 5.75 Å². The van der Waals surface area contributed by atoms with Crippen LogP contribution in [0.2, 0.25) is 0 Å². The molecule has 1 rings (SSSR count).